The fraction of sp³-hybridized carbons (Fsp3) is 0.667. The van der Waals surface area contributed by atoms with Crippen LogP contribution in [0.25, 0.3) is 0 Å². The van der Waals surface area contributed by atoms with Crippen LogP contribution in [0.3, 0.4) is 0 Å². The summed E-state index contributed by atoms with van der Waals surface area (Å²) in [6, 6.07) is 10.0. The van der Waals surface area contributed by atoms with E-state index < -0.39 is 5.60 Å². The van der Waals surface area contributed by atoms with E-state index in [0.29, 0.717) is 26.1 Å². The van der Waals surface area contributed by atoms with Crippen LogP contribution in [-0.2, 0) is 9.53 Å². The number of hydrogen-bond acceptors (Lipinski definition) is 4. The van der Waals surface area contributed by atoms with E-state index in [4.69, 9.17) is 4.74 Å². The summed E-state index contributed by atoms with van der Waals surface area (Å²) in [6.45, 7) is 11.4. The number of piperidine rings is 1. The number of likely N-dealkylation sites (tertiary alicyclic amines) is 1. The van der Waals surface area contributed by atoms with Crippen molar-refractivity contribution in [2.75, 3.05) is 26.2 Å². The van der Waals surface area contributed by atoms with E-state index in [1.807, 2.05) is 65.0 Å². The lowest BCUT2D eigenvalue weighted by Crippen LogP contribution is -2.43. The van der Waals surface area contributed by atoms with Crippen LogP contribution in [-0.4, -0.2) is 53.8 Å². The van der Waals surface area contributed by atoms with E-state index in [1.54, 1.807) is 4.90 Å². The van der Waals surface area contributed by atoms with Gasteiger partial charge in [0.2, 0.25) is 5.91 Å². The third-order valence-corrected chi connectivity index (χ3v) is 5.80. The lowest BCUT2D eigenvalue weighted by Gasteiger charge is -2.34. The Morgan fingerprint density at radius 1 is 1.13 bits per heavy atom. The second-order valence-corrected chi connectivity index (χ2v) is 10.0. The Bertz CT molecular complexity index is 689. The van der Waals surface area contributed by atoms with Crippen LogP contribution in [0.5, 0.6) is 0 Å². The molecule has 0 bridgehead atoms. The molecule has 1 aromatic rings. The van der Waals surface area contributed by atoms with Gasteiger partial charge in [-0.25, -0.2) is 4.79 Å². The third kappa shape index (κ3) is 7.31. The summed E-state index contributed by atoms with van der Waals surface area (Å²) >= 11 is 0. The molecule has 0 aromatic heterocycles. The maximum atomic E-state index is 12.6. The highest BCUT2D eigenvalue weighted by Gasteiger charge is 2.31. The first-order valence-corrected chi connectivity index (χ1v) is 10.9. The van der Waals surface area contributed by atoms with Crippen LogP contribution >= 0.6 is 0 Å². The summed E-state index contributed by atoms with van der Waals surface area (Å²) in [7, 11) is 0. The largest absolute Gasteiger partial charge is 0.444 e. The maximum absolute atomic E-state index is 12.6. The number of benzene rings is 1. The molecule has 1 heterocycles. The van der Waals surface area contributed by atoms with Gasteiger partial charge >= 0.3 is 6.09 Å². The van der Waals surface area contributed by atoms with Crippen LogP contribution in [0.1, 0.15) is 65.4 Å². The van der Waals surface area contributed by atoms with Crippen LogP contribution in [0, 0.1) is 11.3 Å². The van der Waals surface area contributed by atoms with Crippen molar-refractivity contribution in [1.82, 2.24) is 10.2 Å². The topological polar surface area (TPSA) is 78.9 Å². The normalized spacial score (nSPS) is 16.8. The summed E-state index contributed by atoms with van der Waals surface area (Å²) in [5.74, 6) is 0.326. The number of rotatable bonds is 7. The molecule has 0 spiro atoms. The van der Waals surface area contributed by atoms with E-state index in [9.17, 15) is 14.7 Å². The Balaban J connectivity index is 1.83. The first-order valence-electron chi connectivity index (χ1n) is 10.9. The van der Waals surface area contributed by atoms with Gasteiger partial charge in [0.1, 0.15) is 5.60 Å². The molecule has 1 atom stereocenters. The zero-order chi connectivity index (χ0) is 22.4. The van der Waals surface area contributed by atoms with E-state index in [1.165, 1.54) is 0 Å². The zero-order valence-corrected chi connectivity index (χ0v) is 19.1. The fourth-order valence-corrected chi connectivity index (χ4v) is 3.84. The van der Waals surface area contributed by atoms with Gasteiger partial charge in [-0.15, -0.1) is 0 Å². The molecule has 1 aliphatic rings. The Hall–Kier alpha value is -2.08. The van der Waals surface area contributed by atoms with Gasteiger partial charge in [-0.3, -0.25) is 4.79 Å². The van der Waals surface area contributed by atoms with Crippen molar-refractivity contribution in [2.24, 2.45) is 11.3 Å². The zero-order valence-electron chi connectivity index (χ0n) is 19.1. The van der Waals surface area contributed by atoms with Crippen molar-refractivity contribution in [1.29, 1.82) is 0 Å². The highest BCUT2D eigenvalue weighted by molar-refractivity contribution is 5.76. The number of hydrogen-bond donors (Lipinski definition) is 2. The minimum Gasteiger partial charge on any atom is -0.444 e. The van der Waals surface area contributed by atoms with Crippen molar-refractivity contribution in [2.45, 2.75) is 65.4 Å². The number of amides is 2. The molecule has 6 heteroatoms. The maximum Gasteiger partial charge on any atom is 0.410 e. The molecule has 2 rings (SSSR count). The van der Waals surface area contributed by atoms with Gasteiger partial charge in [0.15, 0.2) is 0 Å². The van der Waals surface area contributed by atoms with Gasteiger partial charge in [0.25, 0.3) is 0 Å². The average molecular weight is 419 g/mol. The predicted molar refractivity (Wildman–Crippen MR) is 118 cm³/mol. The monoisotopic (exact) mass is 418 g/mol. The average Bonchev–Trinajstić information content (AvgIpc) is 2.68. The molecule has 30 heavy (non-hydrogen) atoms. The number of ether oxygens (including phenoxy) is 1. The lowest BCUT2D eigenvalue weighted by atomic mass is 9.75. The molecular weight excluding hydrogens is 380 g/mol. The van der Waals surface area contributed by atoms with Gasteiger partial charge in [0, 0.05) is 38.6 Å². The molecule has 1 aromatic carbocycles. The number of aliphatic hydroxyl groups excluding tert-OH is 1. The SMILES string of the molecule is CC(C)(C)OC(=O)N1CCC(CC(=O)NCC(c2ccccc2)C(C)(C)CO)CC1. The first-order chi connectivity index (χ1) is 14.0. The summed E-state index contributed by atoms with van der Waals surface area (Å²) in [6.07, 6.45) is 1.79. The van der Waals surface area contributed by atoms with Gasteiger partial charge in [0.05, 0.1) is 0 Å². The molecule has 0 aliphatic carbocycles. The second kappa shape index (κ2) is 10.3. The summed E-state index contributed by atoms with van der Waals surface area (Å²) in [5, 5.41) is 12.9. The number of aliphatic hydroxyl groups is 1. The molecule has 1 unspecified atom stereocenters. The van der Waals surface area contributed by atoms with Crippen molar-refractivity contribution in [3.63, 3.8) is 0 Å². The highest BCUT2D eigenvalue weighted by Crippen LogP contribution is 2.34. The Morgan fingerprint density at radius 2 is 1.73 bits per heavy atom. The Kier molecular flexibility index (Phi) is 8.30. The summed E-state index contributed by atoms with van der Waals surface area (Å²) in [5.41, 5.74) is 0.279. The van der Waals surface area contributed by atoms with Gasteiger partial charge in [-0.2, -0.15) is 0 Å². The first kappa shape index (κ1) is 24.2. The molecule has 1 saturated heterocycles. The number of nitrogens with zero attached hydrogens (tertiary/aromatic N) is 1. The van der Waals surface area contributed by atoms with Crippen LogP contribution < -0.4 is 5.32 Å². The van der Waals surface area contributed by atoms with Crippen molar-refractivity contribution >= 4 is 12.0 Å². The predicted octanol–water partition coefficient (Wildman–Crippen LogP) is 3.94. The minimum absolute atomic E-state index is 0.0281. The molecule has 2 N–H and O–H groups in total. The van der Waals surface area contributed by atoms with E-state index in [0.717, 1.165) is 18.4 Å². The van der Waals surface area contributed by atoms with E-state index in [-0.39, 0.29) is 35.9 Å². The number of carbonyl (C=O) groups excluding carboxylic acids is 2. The van der Waals surface area contributed by atoms with E-state index >= 15 is 0 Å². The molecule has 1 aliphatic heterocycles. The minimum atomic E-state index is -0.495. The van der Waals surface area contributed by atoms with Crippen LogP contribution in [0.4, 0.5) is 4.79 Å². The van der Waals surface area contributed by atoms with Crippen LogP contribution in [0.15, 0.2) is 30.3 Å². The van der Waals surface area contributed by atoms with Gasteiger partial charge in [-0.05, 0) is 50.5 Å². The van der Waals surface area contributed by atoms with Crippen molar-refractivity contribution < 1.29 is 19.4 Å². The lowest BCUT2D eigenvalue weighted by molar-refractivity contribution is -0.122. The van der Waals surface area contributed by atoms with Crippen molar-refractivity contribution in [3.05, 3.63) is 35.9 Å². The molecule has 0 radical (unpaired) electrons. The molecule has 168 valence electrons. The second-order valence-electron chi connectivity index (χ2n) is 10.0. The summed E-state index contributed by atoms with van der Waals surface area (Å²) in [4.78, 5) is 26.5. The van der Waals surface area contributed by atoms with Gasteiger partial charge < -0.3 is 20.1 Å². The smallest absolute Gasteiger partial charge is 0.410 e. The molecular formula is C24H38N2O4. The molecule has 0 saturated carbocycles. The van der Waals surface area contributed by atoms with Crippen LogP contribution in [0.2, 0.25) is 0 Å². The molecule has 2 amide bonds. The third-order valence-electron chi connectivity index (χ3n) is 5.80. The Morgan fingerprint density at radius 3 is 2.27 bits per heavy atom. The van der Waals surface area contributed by atoms with Crippen molar-refractivity contribution in [3.8, 4) is 0 Å². The number of carbonyl (C=O) groups is 2. The summed E-state index contributed by atoms with van der Waals surface area (Å²) < 4.78 is 5.43. The molecule has 6 nitrogen and oxygen atoms in total. The molecule has 1 fully saturated rings. The quantitative estimate of drug-likeness (QED) is 0.703. The number of nitrogens with one attached hydrogen (secondary N) is 1. The standard InChI is InChI=1S/C24H38N2O4/c1-23(2,3)30-22(29)26-13-11-18(12-14-26)15-21(28)25-16-20(24(4,5)17-27)19-9-7-6-8-10-19/h6-10,18,20,27H,11-17H2,1-5H3,(H,25,28). The fourth-order valence-electron chi connectivity index (χ4n) is 3.84. The van der Waals surface area contributed by atoms with Gasteiger partial charge in [-0.1, -0.05) is 44.2 Å². The Labute approximate surface area is 181 Å². The van der Waals surface area contributed by atoms with E-state index in [2.05, 4.69) is 5.32 Å². The highest BCUT2D eigenvalue weighted by atomic mass is 16.6.